The zero-order chi connectivity index (χ0) is 14.7. The summed E-state index contributed by atoms with van der Waals surface area (Å²) in [5.41, 5.74) is 1.39. The van der Waals surface area contributed by atoms with E-state index in [-0.39, 0.29) is 11.7 Å². The number of amides is 1. The molecule has 0 unspecified atom stereocenters. The molecule has 1 saturated carbocycles. The Balaban J connectivity index is 1.69. The van der Waals surface area contributed by atoms with Crippen molar-refractivity contribution in [2.45, 2.75) is 25.5 Å². The minimum atomic E-state index is -0.275. The lowest BCUT2D eigenvalue weighted by molar-refractivity contribution is 0.0946. The zero-order valence-corrected chi connectivity index (χ0v) is 11.5. The molecular weight excluding hydrogens is 269 g/mol. The molecule has 21 heavy (non-hydrogen) atoms. The number of benzene rings is 2. The Kier molecular flexibility index (Phi) is 3.86. The van der Waals surface area contributed by atoms with Crippen LogP contribution in [-0.4, -0.2) is 11.9 Å². The van der Waals surface area contributed by atoms with Crippen molar-refractivity contribution in [3.63, 3.8) is 0 Å². The van der Waals surface area contributed by atoms with Crippen molar-refractivity contribution in [3.8, 4) is 5.75 Å². The third kappa shape index (κ3) is 3.60. The summed E-state index contributed by atoms with van der Waals surface area (Å²) in [6, 6.07) is 13.6. The van der Waals surface area contributed by atoms with Gasteiger partial charge in [-0.05, 0) is 42.7 Å². The highest BCUT2D eigenvalue weighted by Gasteiger charge is 2.25. The third-order valence-corrected chi connectivity index (χ3v) is 3.35. The Labute approximate surface area is 122 Å². The predicted molar refractivity (Wildman–Crippen MR) is 77.7 cm³/mol. The fraction of sp³-hybridized carbons (Fsp3) is 0.235. The summed E-state index contributed by atoms with van der Waals surface area (Å²) in [5.74, 6) is 0.162. The molecular formula is C17H16FNO2. The van der Waals surface area contributed by atoms with E-state index in [0.29, 0.717) is 24.0 Å². The maximum absolute atomic E-state index is 12.9. The summed E-state index contributed by atoms with van der Waals surface area (Å²) in [4.78, 5) is 12.1. The van der Waals surface area contributed by atoms with E-state index >= 15 is 0 Å². The van der Waals surface area contributed by atoms with Crippen molar-refractivity contribution in [2.24, 2.45) is 0 Å². The van der Waals surface area contributed by atoms with E-state index in [9.17, 15) is 9.18 Å². The van der Waals surface area contributed by atoms with Crippen LogP contribution < -0.4 is 10.1 Å². The molecule has 0 atom stereocenters. The summed E-state index contributed by atoms with van der Waals surface area (Å²) in [7, 11) is 0. The van der Waals surface area contributed by atoms with Crippen LogP contribution in [0.5, 0.6) is 5.75 Å². The number of para-hydroxylation sites is 1. The van der Waals surface area contributed by atoms with Crippen molar-refractivity contribution in [1.82, 2.24) is 5.32 Å². The molecule has 1 aliphatic carbocycles. The quantitative estimate of drug-likeness (QED) is 0.915. The van der Waals surface area contributed by atoms with Crippen molar-refractivity contribution < 1.29 is 13.9 Å². The minimum Gasteiger partial charge on any atom is -0.488 e. The zero-order valence-electron chi connectivity index (χ0n) is 11.5. The van der Waals surface area contributed by atoms with Crippen LogP contribution in [-0.2, 0) is 6.61 Å². The van der Waals surface area contributed by atoms with Gasteiger partial charge in [0.2, 0.25) is 0 Å². The van der Waals surface area contributed by atoms with Crippen molar-refractivity contribution in [2.75, 3.05) is 0 Å². The molecule has 0 aliphatic heterocycles. The highest BCUT2D eigenvalue weighted by atomic mass is 19.1. The van der Waals surface area contributed by atoms with Gasteiger partial charge < -0.3 is 10.1 Å². The van der Waals surface area contributed by atoms with E-state index in [1.165, 1.54) is 12.1 Å². The second-order valence-corrected chi connectivity index (χ2v) is 5.16. The fourth-order valence-corrected chi connectivity index (χ4v) is 2.01. The van der Waals surface area contributed by atoms with E-state index in [0.717, 1.165) is 18.4 Å². The van der Waals surface area contributed by atoms with E-state index in [2.05, 4.69) is 5.32 Å². The van der Waals surface area contributed by atoms with Gasteiger partial charge in [-0.25, -0.2) is 4.39 Å². The first-order valence-corrected chi connectivity index (χ1v) is 6.99. The van der Waals surface area contributed by atoms with Gasteiger partial charge >= 0.3 is 0 Å². The van der Waals surface area contributed by atoms with Gasteiger partial charge in [-0.3, -0.25) is 4.79 Å². The smallest absolute Gasteiger partial charge is 0.255 e. The van der Waals surface area contributed by atoms with Gasteiger partial charge in [0.15, 0.2) is 0 Å². The normalized spacial score (nSPS) is 13.8. The Morgan fingerprint density at radius 3 is 2.57 bits per heavy atom. The molecule has 0 spiro atoms. The highest BCUT2D eigenvalue weighted by Crippen LogP contribution is 2.23. The van der Waals surface area contributed by atoms with Crippen LogP contribution >= 0.6 is 0 Å². The maximum atomic E-state index is 12.9. The van der Waals surface area contributed by atoms with Crippen molar-refractivity contribution >= 4 is 5.91 Å². The van der Waals surface area contributed by atoms with Gasteiger partial charge in [-0.2, -0.15) is 0 Å². The lowest BCUT2D eigenvalue weighted by Gasteiger charge is -2.11. The summed E-state index contributed by atoms with van der Waals surface area (Å²) < 4.78 is 18.6. The molecule has 108 valence electrons. The Bertz CT molecular complexity index is 635. The summed E-state index contributed by atoms with van der Waals surface area (Å²) in [6.07, 6.45) is 2.09. The van der Waals surface area contributed by atoms with Crippen LogP contribution in [0, 0.1) is 5.82 Å². The number of carbonyl (C=O) groups excluding carboxylic acids is 1. The topological polar surface area (TPSA) is 38.3 Å². The Morgan fingerprint density at radius 2 is 1.86 bits per heavy atom. The molecule has 1 aliphatic rings. The average Bonchev–Trinajstić information content (AvgIpc) is 3.31. The van der Waals surface area contributed by atoms with Gasteiger partial charge in [0, 0.05) is 6.04 Å². The molecule has 0 heterocycles. The molecule has 2 aromatic carbocycles. The number of hydrogen-bond donors (Lipinski definition) is 1. The molecule has 4 heteroatoms. The molecule has 3 rings (SSSR count). The highest BCUT2D eigenvalue weighted by molar-refractivity contribution is 5.97. The largest absolute Gasteiger partial charge is 0.488 e. The molecule has 0 saturated heterocycles. The number of carbonyl (C=O) groups is 1. The summed E-state index contributed by atoms with van der Waals surface area (Å²) in [5, 5.41) is 2.95. The predicted octanol–water partition coefficient (Wildman–Crippen LogP) is 3.30. The monoisotopic (exact) mass is 285 g/mol. The number of hydrogen-bond acceptors (Lipinski definition) is 2. The van der Waals surface area contributed by atoms with Gasteiger partial charge in [0.25, 0.3) is 5.91 Å². The molecule has 1 fully saturated rings. The van der Waals surface area contributed by atoms with E-state index in [4.69, 9.17) is 4.74 Å². The first kappa shape index (κ1) is 13.6. The maximum Gasteiger partial charge on any atom is 0.255 e. The molecule has 0 aromatic heterocycles. The molecule has 2 aromatic rings. The van der Waals surface area contributed by atoms with Crippen LogP contribution in [0.3, 0.4) is 0 Å². The second-order valence-electron chi connectivity index (χ2n) is 5.16. The van der Waals surface area contributed by atoms with Gasteiger partial charge in [-0.1, -0.05) is 24.3 Å². The van der Waals surface area contributed by atoms with Crippen LogP contribution in [0.2, 0.25) is 0 Å². The van der Waals surface area contributed by atoms with Gasteiger partial charge in [-0.15, -0.1) is 0 Å². The van der Waals surface area contributed by atoms with Crippen LogP contribution in [0.1, 0.15) is 28.8 Å². The van der Waals surface area contributed by atoms with Crippen LogP contribution in [0.15, 0.2) is 48.5 Å². The van der Waals surface area contributed by atoms with Gasteiger partial charge in [0.05, 0.1) is 5.56 Å². The van der Waals surface area contributed by atoms with Gasteiger partial charge in [0.1, 0.15) is 18.2 Å². The lowest BCUT2D eigenvalue weighted by atomic mass is 10.2. The summed E-state index contributed by atoms with van der Waals surface area (Å²) >= 11 is 0. The summed E-state index contributed by atoms with van der Waals surface area (Å²) in [6.45, 7) is 0.300. The van der Waals surface area contributed by atoms with Crippen LogP contribution in [0.4, 0.5) is 4.39 Å². The van der Waals surface area contributed by atoms with E-state index in [1.54, 1.807) is 24.3 Å². The Morgan fingerprint density at radius 1 is 1.14 bits per heavy atom. The SMILES string of the molecule is O=C(NC1CC1)c1ccccc1OCc1ccc(F)cc1. The number of rotatable bonds is 5. The average molecular weight is 285 g/mol. The molecule has 0 bridgehead atoms. The number of halogens is 1. The third-order valence-electron chi connectivity index (χ3n) is 3.35. The molecule has 3 nitrogen and oxygen atoms in total. The lowest BCUT2D eigenvalue weighted by Crippen LogP contribution is -2.25. The fourth-order valence-electron chi connectivity index (χ4n) is 2.01. The molecule has 0 radical (unpaired) electrons. The Hall–Kier alpha value is -2.36. The van der Waals surface area contributed by atoms with Crippen LogP contribution in [0.25, 0.3) is 0 Å². The van der Waals surface area contributed by atoms with E-state index in [1.807, 2.05) is 12.1 Å². The van der Waals surface area contributed by atoms with Crippen molar-refractivity contribution in [1.29, 1.82) is 0 Å². The standard InChI is InChI=1S/C17H16FNO2/c18-13-7-5-12(6-8-13)11-21-16-4-2-1-3-15(16)17(20)19-14-9-10-14/h1-8,14H,9-11H2,(H,19,20). The van der Waals surface area contributed by atoms with E-state index < -0.39 is 0 Å². The molecule has 1 amide bonds. The minimum absolute atomic E-state index is 0.104. The molecule has 1 N–H and O–H groups in total. The second kappa shape index (κ2) is 5.95. The number of ether oxygens (including phenoxy) is 1. The van der Waals surface area contributed by atoms with Crippen molar-refractivity contribution in [3.05, 3.63) is 65.5 Å². The number of nitrogens with one attached hydrogen (secondary N) is 1. The first-order valence-electron chi connectivity index (χ1n) is 6.99. The first-order chi connectivity index (χ1) is 10.2.